The molecule has 0 radical (unpaired) electrons. The van der Waals surface area contributed by atoms with Crippen molar-refractivity contribution in [3.05, 3.63) is 148 Å². The average Bonchev–Trinajstić information content (AvgIpc) is 3.72. The molecule has 330 valence electrons. The Morgan fingerprint density at radius 1 is 0.508 bits per heavy atom. The van der Waals surface area contributed by atoms with E-state index in [0.717, 1.165) is 0 Å². The lowest BCUT2D eigenvalue weighted by molar-refractivity contribution is 0.332. The number of rotatable bonds is 2. The van der Waals surface area contributed by atoms with Crippen molar-refractivity contribution in [2.75, 3.05) is 9.80 Å². The van der Waals surface area contributed by atoms with Gasteiger partial charge in [-0.1, -0.05) is 165 Å². The monoisotopic (exact) mass is 871 g/mol. The van der Waals surface area contributed by atoms with Gasteiger partial charge in [-0.2, -0.15) is 0 Å². The van der Waals surface area contributed by atoms with E-state index in [1.165, 1.54) is 123 Å². The summed E-state index contributed by atoms with van der Waals surface area (Å²) in [7, 11) is 0. The fourth-order valence-electron chi connectivity index (χ4n) is 12.0. The third-order valence-corrected chi connectivity index (χ3v) is 17.4. The first-order chi connectivity index (χ1) is 30.4. The highest BCUT2D eigenvalue weighted by molar-refractivity contribution is 7.33. The summed E-state index contributed by atoms with van der Waals surface area (Å²) in [5, 5.41) is 1.39. The van der Waals surface area contributed by atoms with Crippen molar-refractivity contribution in [3.63, 3.8) is 0 Å². The lowest BCUT2D eigenvalue weighted by Crippen LogP contribution is -2.60. The predicted molar refractivity (Wildman–Crippen MR) is 285 cm³/mol. The van der Waals surface area contributed by atoms with E-state index in [4.69, 9.17) is 0 Å². The van der Waals surface area contributed by atoms with Gasteiger partial charge in [0.2, 0.25) is 0 Å². The Hall–Kier alpha value is -5.06. The summed E-state index contributed by atoms with van der Waals surface area (Å²) >= 11 is 2.05. The lowest BCUT2D eigenvalue weighted by Gasteiger charge is -2.45. The van der Waals surface area contributed by atoms with E-state index in [-0.39, 0.29) is 39.2 Å². The second-order valence-corrected chi connectivity index (χ2v) is 26.0. The molecule has 2 aliphatic carbocycles. The van der Waals surface area contributed by atoms with Crippen LogP contribution >= 0.6 is 11.3 Å². The van der Waals surface area contributed by atoms with Gasteiger partial charge < -0.3 is 9.80 Å². The highest BCUT2D eigenvalue weighted by Gasteiger charge is 2.48. The molecular formula is C61H67BN2S. The van der Waals surface area contributed by atoms with Crippen LogP contribution in [0.2, 0.25) is 0 Å². The fraction of sp³-hybridized carbons (Fsp3) is 0.377. The zero-order chi connectivity index (χ0) is 46.1. The molecule has 0 fully saturated rings. The quantitative estimate of drug-likeness (QED) is 0.160. The van der Waals surface area contributed by atoms with Crippen LogP contribution in [0.5, 0.6) is 0 Å². The van der Waals surface area contributed by atoms with Crippen LogP contribution in [0, 0.1) is 0 Å². The molecule has 0 unspecified atom stereocenters. The van der Waals surface area contributed by atoms with Gasteiger partial charge in [0.25, 0.3) is 6.71 Å². The van der Waals surface area contributed by atoms with E-state index in [0.29, 0.717) is 0 Å². The van der Waals surface area contributed by atoms with Gasteiger partial charge in [0.1, 0.15) is 0 Å². The molecule has 65 heavy (non-hydrogen) atoms. The molecule has 4 heteroatoms. The van der Waals surface area contributed by atoms with Crippen LogP contribution in [0.15, 0.2) is 109 Å². The number of fused-ring (bicyclic) bond motifs is 10. The summed E-state index contributed by atoms with van der Waals surface area (Å²) in [6, 6.07) is 43.7. The smallest absolute Gasteiger partial charge is 0.264 e. The Morgan fingerprint density at radius 3 is 1.74 bits per heavy atom. The van der Waals surface area contributed by atoms with Crippen LogP contribution in [0.4, 0.5) is 34.1 Å². The maximum Gasteiger partial charge on any atom is 0.264 e. The minimum Gasteiger partial charge on any atom is -0.311 e. The van der Waals surface area contributed by atoms with Gasteiger partial charge >= 0.3 is 0 Å². The summed E-state index contributed by atoms with van der Waals surface area (Å²) in [4.78, 5) is 5.38. The summed E-state index contributed by atoms with van der Waals surface area (Å²) in [6.07, 6.45) is 2.39. The zero-order valence-corrected chi connectivity index (χ0v) is 42.5. The molecule has 0 amide bonds. The van der Waals surface area contributed by atoms with Gasteiger partial charge in [-0.3, -0.25) is 0 Å². The number of hydrogen-bond acceptors (Lipinski definition) is 3. The van der Waals surface area contributed by atoms with E-state index >= 15 is 0 Å². The molecule has 4 aliphatic rings. The summed E-state index contributed by atoms with van der Waals surface area (Å²) < 4.78 is 2.85. The predicted octanol–water partition coefficient (Wildman–Crippen LogP) is 15.5. The third-order valence-electron chi connectivity index (χ3n) is 16.2. The van der Waals surface area contributed by atoms with Crippen molar-refractivity contribution in [2.45, 2.75) is 149 Å². The van der Waals surface area contributed by atoms with Crippen molar-refractivity contribution in [3.8, 4) is 11.1 Å². The molecule has 7 aromatic rings. The van der Waals surface area contributed by atoms with Crippen molar-refractivity contribution in [2.24, 2.45) is 0 Å². The van der Waals surface area contributed by atoms with Crippen LogP contribution in [0.1, 0.15) is 156 Å². The minimum atomic E-state index is -0.115. The first-order valence-electron chi connectivity index (χ1n) is 24.3. The zero-order valence-electron chi connectivity index (χ0n) is 41.7. The molecule has 0 atom stereocenters. The molecule has 3 heterocycles. The van der Waals surface area contributed by atoms with Crippen molar-refractivity contribution >= 4 is 78.0 Å². The number of thiophene rings is 1. The first-order valence-corrected chi connectivity index (χ1v) is 25.1. The largest absolute Gasteiger partial charge is 0.311 e. The molecule has 0 bridgehead atoms. The molecule has 0 saturated carbocycles. The Morgan fingerprint density at radius 2 is 1.09 bits per heavy atom. The van der Waals surface area contributed by atoms with Gasteiger partial charge in [0.15, 0.2) is 0 Å². The minimum absolute atomic E-state index is 0.0231. The Balaban J connectivity index is 1.30. The number of nitrogens with zero attached hydrogens (tertiary/aromatic N) is 2. The molecule has 11 rings (SSSR count). The van der Waals surface area contributed by atoms with Gasteiger partial charge in [-0.25, -0.2) is 0 Å². The van der Waals surface area contributed by atoms with Gasteiger partial charge in [0.05, 0.1) is 11.4 Å². The molecule has 6 aromatic carbocycles. The standard InChI is InChI=1S/C61H67BN2S/c1-56(2,3)36-23-26-39(27-24-36)63-49-32-38(58(7,8)9)33-50-53(49)62(55-54(63)41-34-44-45(35-51(41)65-55)60(12,13)30-29-59(44,10)11)46-31-37(57(4,5)6)25-28-47(46)64(50)48-22-18-21-43-52(48)40-19-16-17-20-42(40)61(43,14)15/h16-28,31-35H,29-30H2,1-15H3. The van der Waals surface area contributed by atoms with E-state index < -0.39 is 0 Å². The Labute approximate surface area is 394 Å². The molecular weight excluding hydrogens is 804 g/mol. The summed E-state index contributed by atoms with van der Waals surface area (Å²) in [5.74, 6) is 0. The fourth-order valence-corrected chi connectivity index (χ4v) is 13.3. The molecule has 0 spiro atoms. The third kappa shape index (κ3) is 6.17. The Kier molecular flexibility index (Phi) is 8.86. The first kappa shape index (κ1) is 42.6. The molecule has 1 aromatic heterocycles. The van der Waals surface area contributed by atoms with Gasteiger partial charge in [-0.15, -0.1) is 11.3 Å². The summed E-state index contributed by atoms with van der Waals surface area (Å²) in [6.45, 7) is 36.0. The maximum atomic E-state index is 2.70. The number of hydrogen-bond donors (Lipinski definition) is 0. The van der Waals surface area contributed by atoms with Crippen LogP contribution in [0.25, 0.3) is 21.2 Å². The van der Waals surface area contributed by atoms with Crippen LogP contribution in [-0.2, 0) is 32.5 Å². The summed E-state index contributed by atoms with van der Waals surface area (Å²) in [5.41, 5.74) is 23.2. The van der Waals surface area contributed by atoms with Crippen molar-refractivity contribution in [1.82, 2.24) is 0 Å². The molecule has 0 saturated heterocycles. The average molecular weight is 871 g/mol. The SMILES string of the molecule is CC(C)(C)c1ccc(N2c3cc(C(C)(C)C)cc4c3B(c3cc(C(C)(C)C)ccc3N4c3cccc4c3-c3ccccc3C4(C)C)c3sc4cc5c(cc4c32)C(C)(C)CCC5(C)C)cc1. The van der Waals surface area contributed by atoms with Crippen LogP contribution < -0.4 is 25.5 Å². The van der Waals surface area contributed by atoms with E-state index in [2.05, 4.69) is 234 Å². The van der Waals surface area contributed by atoms with Crippen LogP contribution in [-0.4, -0.2) is 6.71 Å². The van der Waals surface area contributed by atoms with Gasteiger partial charge in [-0.05, 0) is 144 Å². The highest BCUT2D eigenvalue weighted by atomic mass is 32.1. The normalized spacial score (nSPS) is 17.6. The van der Waals surface area contributed by atoms with Crippen molar-refractivity contribution in [1.29, 1.82) is 0 Å². The number of benzene rings is 6. The second-order valence-electron chi connectivity index (χ2n) is 24.9. The maximum absolute atomic E-state index is 2.70. The van der Waals surface area contributed by atoms with Gasteiger partial charge in [0, 0.05) is 48.6 Å². The van der Waals surface area contributed by atoms with Crippen molar-refractivity contribution < 1.29 is 0 Å². The molecule has 0 N–H and O–H groups in total. The van der Waals surface area contributed by atoms with E-state index in [9.17, 15) is 0 Å². The van der Waals surface area contributed by atoms with E-state index in [1.807, 2.05) is 0 Å². The highest BCUT2D eigenvalue weighted by Crippen LogP contribution is 2.57. The van der Waals surface area contributed by atoms with Crippen LogP contribution in [0.3, 0.4) is 0 Å². The Bertz CT molecular complexity index is 3140. The topological polar surface area (TPSA) is 6.48 Å². The van der Waals surface area contributed by atoms with E-state index in [1.54, 1.807) is 0 Å². The molecule has 2 nitrogen and oxygen atoms in total. The second kappa shape index (κ2) is 13.5. The number of anilines is 6. The molecule has 2 aliphatic heterocycles. The lowest BCUT2D eigenvalue weighted by atomic mass is 9.36.